The molecule has 3 aromatic carbocycles. The van der Waals surface area contributed by atoms with Gasteiger partial charge >= 0.3 is 6.18 Å². The van der Waals surface area contributed by atoms with Gasteiger partial charge in [0, 0.05) is 54.9 Å². The lowest BCUT2D eigenvalue weighted by Gasteiger charge is -2.27. The predicted molar refractivity (Wildman–Crippen MR) is 149 cm³/mol. The van der Waals surface area contributed by atoms with Crippen LogP contribution in [0.1, 0.15) is 27.8 Å². The summed E-state index contributed by atoms with van der Waals surface area (Å²) in [6.07, 6.45) is -4.10. The minimum atomic E-state index is -4.73. The van der Waals surface area contributed by atoms with Gasteiger partial charge in [-0.1, -0.05) is 62.4 Å². The molecule has 0 N–H and O–H groups in total. The number of alkyl halides is 3. The summed E-state index contributed by atoms with van der Waals surface area (Å²) in [6, 6.07) is 23.3. The van der Waals surface area contributed by atoms with E-state index in [1.165, 1.54) is 12.3 Å². The van der Waals surface area contributed by atoms with Crippen LogP contribution in [0.25, 0.3) is 55.1 Å². The Hall–Kier alpha value is -4.19. The molecule has 0 bridgehead atoms. The normalized spacial score (nSPS) is 13.7. The van der Waals surface area contributed by atoms with Crippen LogP contribution in [-0.2, 0) is 13.4 Å². The number of fused-ring (bicyclic) bond motifs is 5. The van der Waals surface area contributed by atoms with E-state index in [1.807, 2.05) is 49.0 Å². The molecule has 6 rings (SSSR count). The van der Waals surface area contributed by atoms with Crippen LogP contribution in [0.4, 0.5) is 13.2 Å². The lowest BCUT2D eigenvalue weighted by Crippen LogP contribution is -2.34. The number of aryl methyl sites for hydroxylation is 2. The van der Waals surface area contributed by atoms with E-state index in [0.717, 1.165) is 68.9 Å². The number of benzene rings is 3. The van der Waals surface area contributed by atoms with E-state index in [4.69, 9.17) is 7.16 Å². The van der Waals surface area contributed by atoms with Crippen LogP contribution < -0.4 is 4.57 Å². The van der Waals surface area contributed by atoms with Crippen molar-refractivity contribution < 1.29 is 24.9 Å². The molecule has 39 heavy (non-hydrogen) atoms. The molecular formula is C33H28F3N2O+. The van der Waals surface area contributed by atoms with E-state index in [9.17, 15) is 13.2 Å². The van der Waals surface area contributed by atoms with Gasteiger partial charge in [-0.15, -0.1) is 0 Å². The Bertz CT molecular complexity index is 1960. The van der Waals surface area contributed by atoms with E-state index in [-0.39, 0.29) is 5.69 Å². The van der Waals surface area contributed by atoms with Crippen molar-refractivity contribution in [3.63, 3.8) is 0 Å². The van der Waals surface area contributed by atoms with Crippen LogP contribution in [-0.4, -0.2) is 11.2 Å². The van der Waals surface area contributed by atoms with E-state index in [0.29, 0.717) is 5.56 Å². The van der Waals surface area contributed by atoms with E-state index < -0.39 is 18.0 Å². The molecule has 0 amide bonds. The van der Waals surface area contributed by atoms with Crippen molar-refractivity contribution in [2.45, 2.75) is 33.3 Å². The number of pyridine rings is 2. The second kappa shape index (κ2) is 8.94. The molecule has 0 aliphatic heterocycles. The van der Waals surface area contributed by atoms with Gasteiger partial charge in [-0.2, -0.15) is 13.2 Å². The second-order valence-corrected chi connectivity index (χ2v) is 10.5. The van der Waals surface area contributed by atoms with Gasteiger partial charge in [0.15, 0.2) is 6.20 Å². The number of hydrogen-bond donors (Lipinski definition) is 0. The van der Waals surface area contributed by atoms with Gasteiger partial charge in [0.2, 0.25) is 5.69 Å². The van der Waals surface area contributed by atoms with Crippen LogP contribution >= 0.6 is 0 Å². The molecule has 3 aromatic heterocycles. The van der Waals surface area contributed by atoms with Crippen LogP contribution in [0.15, 0.2) is 89.6 Å². The number of aromatic nitrogens is 2. The van der Waals surface area contributed by atoms with Gasteiger partial charge in [0.1, 0.15) is 18.2 Å². The van der Waals surface area contributed by atoms with Crippen molar-refractivity contribution in [1.29, 1.82) is 0 Å². The highest BCUT2D eigenvalue weighted by atomic mass is 19.4. The van der Waals surface area contributed by atoms with Gasteiger partial charge in [-0.3, -0.25) is 4.98 Å². The standard InChI is InChI=1S/C33H28F3N2O/c1-20-9-13-27-26-14-11-21-7-5-6-8-25(21)30(26)39-31(27)29(20)28-17-22(15-16-38(28)4)23-10-12-24(37-19-23)18-32(2,3)33(34,35)36/h5-17,19H,18H2,1-4H3/q+1/i18D2. The first-order valence-electron chi connectivity index (χ1n) is 13.7. The third-order valence-corrected chi connectivity index (χ3v) is 7.39. The lowest BCUT2D eigenvalue weighted by molar-refractivity contribution is -0.660. The van der Waals surface area contributed by atoms with Gasteiger partial charge in [0.25, 0.3) is 0 Å². The van der Waals surface area contributed by atoms with E-state index in [2.05, 4.69) is 41.4 Å². The molecule has 0 aliphatic rings. The fourth-order valence-electron chi connectivity index (χ4n) is 5.01. The van der Waals surface area contributed by atoms with Crippen LogP contribution in [0.2, 0.25) is 0 Å². The number of nitrogens with zero attached hydrogens (tertiary/aromatic N) is 2. The quantitative estimate of drug-likeness (QED) is 0.215. The topological polar surface area (TPSA) is 29.9 Å². The summed E-state index contributed by atoms with van der Waals surface area (Å²) in [4.78, 5) is 4.16. The molecule has 0 aliphatic carbocycles. The second-order valence-electron chi connectivity index (χ2n) is 10.5. The SMILES string of the molecule is [2H]C([2H])(c1ccc(-c2cc[n+](C)c(-c3c(C)ccc4c3oc3c5ccccc5ccc43)c2)cn1)C(C)(C)C(F)(F)F. The molecule has 3 nitrogen and oxygen atoms in total. The van der Waals surface area contributed by atoms with Crippen LogP contribution in [0.3, 0.4) is 0 Å². The summed E-state index contributed by atoms with van der Waals surface area (Å²) in [6.45, 7) is 3.75. The summed E-state index contributed by atoms with van der Waals surface area (Å²) in [5.41, 5.74) is 3.06. The molecule has 0 unspecified atom stereocenters. The first kappa shape index (κ1) is 22.8. The third-order valence-electron chi connectivity index (χ3n) is 7.39. The minimum Gasteiger partial charge on any atom is -0.454 e. The first-order valence-corrected chi connectivity index (χ1v) is 12.7. The zero-order valence-corrected chi connectivity index (χ0v) is 22.0. The molecule has 0 saturated carbocycles. The highest BCUT2D eigenvalue weighted by Gasteiger charge is 2.47. The Morgan fingerprint density at radius 2 is 1.62 bits per heavy atom. The zero-order chi connectivity index (χ0) is 29.3. The van der Waals surface area contributed by atoms with Gasteiger partial charge in [-0.25, -0.2) is 4.57 Å². The molecule has 6 heteroatoms. The molecular weight excluding hydrogens is 497 g/mol. The summed E-state index contributed by atoms with van der Waals surface area (Å²) in [7, 11) is 1.95. The Kier molecular flexibility index (Phi) is 5.22. The predicted octanol–water partition coefficient (Wildman–Crippen LogP) is 8.73. The molecule has 0 fully saturated rings. The minimum absolute atomic E-state index is 0.264. The smallest absolute Gasteiger partial charge is 0.394 e. The van der Waals surface area contributed by atoms with E-state index in [1.54, 1.807) is 6.07 Å². The van der Waals surface area contributed by atoms with Crippen molar-refractivity contribution in [2.24, 2.45) is 12.5 Å². The summed E-state index contributed by atoms with van der Waals surface area (Å²) in [5, 5.41) is 4.19. The van der Waals surface area contributed by atoms with Crippen molar-refractivity contribution in [3.8, 4) is 22.4 Å². The average molecular weight is 528 g/mol. The summed E-state index contributed by atoms with van der Waals surface area (Å²) in [5.74, 6) is 0. The highest BCUT2D eigenvalue weighted by molar-refractivity contribution is 6.17. The number of furan rings is 1. The average Bonchev–Trinajstić information content (AvgIpc) is 3.32. The summed E-state index contributed by atoms with van der Waals surface area (Å²) >= 11 is 0. The fourth-order valence-corrected chi connectivity index (χ4v) is 5.01. The number of rotatable bonds is 4. The Balaban J connectivity index is 1.47. The van der Waals surface area contributed by atoms with Gasteiger partial charge in [0.05, 0.1) is 11.0 Å². The third kappa shape index (κ3) is 4.24. The largest absolute Gasteiger partial charge is 0.454 e. The molecule has 0 atom stereocenters. The zero-order valence-electron chi connectivity index (χ0n) is 24.0. The molecule has 3 heterocycles. The van der Waals surface area contributed by atoms with Crippen LogP contribution in [0, 0.1) is 12.3 Å². The van der Waals surface area contributed by atoms with Gasteiger partial charge < -0.3 is 4.42 Å². The molecule has 196 valence electrons. The fraction of sp³-hybridized carbons (Fsp3) is 0.212. The van der Waals surface area contributed by atoms with Gasteiger partial charge in [-0.05, 0) is 35.6 Å². The van der Waals surface area contributed by atoms with Crippen molar-refractivity contribution in [3.05, 3.63) is 96.4 Å². The van der Waals surface area contributed by atoms with Crippen molar-refractivity contribution in [2.75, 3.05) is 0 Å². The van der Waals surface area contributed by atoms with Crippen molar-refractivity contribution in [1.82, 2.24) is 4.98 Å². The Labute approximate surface area is 227 Å². The first-order chi connectivity index (χ1) is 19.3. The molecule has 0 radical (unpaired) electrons. The van der Waals surface area contributed by atoms with E-state index >= 15 is 0 Å². The highest BCUT2D eigenvalue weighted by Crippen LogP contribution is 2.41. The summed E-state index contributed by atoms with van der Waals surface area (Å²) < 4.78 is 65.9. The van der Waals surface area contributed by atoms with Crippen LogP contribution in [0.5, 0.6) is 0 Å². The number of halogens is 3. The number of hydrogen-bond acceptors (Lipinski definition) is 2. The molecule has 0 saturated heterocycles. The maximum Gasteiger partial charge on any atom is 0.394 e. The maximum absolute atomic E-state index is 13.6. The molecule has 0 spiro atoms. The maximum atomic E-state index is 13.6. The Morgan fingerprint density at radius 3 is 2.36 bits per heavy atom. The monoisotopic (exact) mass is 527 g/mol. The molecule has 6 aromatic rings. The van der Waals surface area contributed by atoms with Crippen molar-refractivity contribution >= 4 is 32.7 Å². The lowest BCUT2D eigenvalue weighted by atomic mass is 9.87. The Morgan fingerprint density at radius 1 is 0.872 bits per heavy atom.